The number of hydrogen-bond donors (Lipinski definition) is 0. The molecule has 0 radical (unpaired) electrons. The zero-order valence-electron chi connectivity index (χ0n) is 28.6. The molecule has 2 aliphatic rings. The third kappa shape index (κ3) is 3.68. The molecule has 0 N–H and O–H groups in total. The molecule has 4 nitrogen and oxygen atoms in total. The van der Waals surface area contributed by atoms with Crippen LogP contribution in [0.25, 0.3) is 103 Å². The molecule has 2 aliphatic heterocycles. The molecule has 4 heteroatoms. The topological polar surface area (TPSA) is 46.6 Å². The highest BCUT2D eigenvalue weighted by atomic mass is 16.5. The SMILES string of the molecule is [C-]#[N+]c1cc(-c2ccc3c4c(cccc24)Oc2ccccc2-3)c2ccc3c(C#N)cc(-c4ccc5c6c(cccc46)-c4ccccc4O5)c4ccc1c2c34. The Kier molecular flexibility index (Phi) is 5.61. The van der Waals surface area contributed by atoms with Gasteiger partial charge in [-0.3, -0.25) is 0 Å². The van der Waals surface area contributed by atoms with Crippen LogP contribution in [-0.2, 0) is 0 Å². The number of benzene rings is 10. The predicted molar refractivity (Wildman–Crippen MR) is 218 cm³/mol. The summed E-state index contributed by atoms with van der Waals surface area (Å²) in [5.74, 6) is 3.34. The van der Waals surface area contributed by atoms with Crippen LogP contribution >= 0.6 is 0 Å². The Bertz CT molecular complexity index is 3240. The lowest BCUT2D eigenvalue weighted by atomic mass is 9.82. The number of hydrogen-bond acceptors (Lipinski definition) is 3. The number of fused-ring (bicyclic) bond motifs is 4. The molecule has 0 spiro atoms. The lowest BCUT2D eigenvalue weighted by Gasteiger charge is -2.24. The first kappa shape index (κ1) is 29.0. The molecule has 0 unspecified atom stereocenters. The molecule has 10 aromatic carbocycles. The second-order valence-corrected chi connectivity index (χ2v) is 14.1. The largest absolute Gasteiger partial charge is 0.456 e. The minimum absolute atomic E-state index is 0.579. The molecule has 54 heavy (non-hydrogen) atoms. The summed E-state index contributed by atoms with van der Waals surface area (Å²) in [6.07, 6.45) is 0. The molecule has 12 rings (SSSR count). The highest BCUT2D eigenvalue weighted by molar-refractivity contribution is 6.32. The fraction of sp³-hybridized carbons (Fsp3) is 0. The third-order valence-corrected chi connectivity index (χ3v) is 11.5. The number of ether oxygens (including phenoxy) is 2. The van der Waals surface area contributed by atoms with Gasteiger partial charge in [0, 0.05) is 27.3 Å². The molecule has 0 saturated carbocycles. The van der Waals surface area contributed by atoms with E-state index in [1.54, 1.807) is 0 Å². The Morgan fingerprint density at radius 2 is 0.870 bits per heavy atom. The number of rotatable bonds is 2. The van der Waals surface area contributed by atoms with Crippen LogP contribution in [0.15, 0.2) is 146 Å². The van der Waals surface area contributed by atoms with Crippen molar-refractivity contribution in [2.75, 3.05) is 0 Å². The summed E-state index contributed by atoms with van der Waals surface area (Å²) >= 11 is 0. The van der Waals surface area contributed by atoms with Gasteiger partial charge in [0.1, 0.15) is 23.0 Å². The van der Waals surface area contributed by atoms with Crippen molar-refractivity contribution in [3.63, 3.8) is 0 Å². The van der Waals surface area contributed by atoms with E-state index >= 15 is 0 Å². The maximum atomic E-state index is 10.7. The minimum atomic E-state index is 0.579. The van der Waals surface area contributed by atoms with Crippen molar-refractivity contribution in [2.45, 2.75) is 0 Å². The molecule has 0 aromatic heterocycles. The van der Waals surface area contributed by atoms with E-state index in [9.17, 15) is 5.26 Å². The first-order valence-corrected chi connectivity index (χ1v) is 17.9. The average molecular weight is 685 g/mol. The van der Waals surface area contributed by atoms with Crippen LogP contribution < -0.4 is 9.47 Å². The molecule has 246 valence electrons. The van der Waals surface area contributed by atoms with Gasteiger partial charge in [0.25, 0.3) is 0 Å². The standard InChI is InChI=1S/C50H24N2O2/c1-52-42-25-41(29-17-19-36-32-9-3-5-14-44(32)53-45-15-7-12-34(29)48(36)45)38-18-16-28-27(26-51)24-40(37-20-21-39(42)50(38)49(28)37)30-22-23-46-47-33(30)10-6-11-35(47)31-8-2-4-13-43(31)54-46/h2-25H. The zero-order valence-corrected chi connectivity index (χ0v) is 28.6. The average Bonchev–Trinajstić information content (AvgIpc) is 3.23. The van der Waals surface area contributed by atoms with Crippen LogP contribution in [0.1, 0.15) is 5.56 Å². The van der Waals surface area contributed by atoms with E-state index in [1.807, 2.05) is 60.7 Å². The van der Waals surface area contributed by atoms with Gasteiger partial charge in [0.15, 0.2) is 5.69 Å². The van der Waals surface area contributed by atoms with Gasteiger partial charge in [-0.25, -0.2) is 4.85 Å². The Balaban J connectivity index is 1.17. The normalized spacial score (nSPS) is 12.3. The lowest BCUT2D eigenvalue weighted by molar-refractivity contribution is 0.487. The molecular formula is C50H24N2O2. The Morgan fingerprint density at radius 3 is 1.56 bits per heavy atom. The van der Waals surface area contributed by atoms with Gasteiger partial charge in [-0.05, 0) is 107 Å². The fourth-order valence-corrected chi connectivity index (χ4v) is 9.23. The third-order valence-electron chi connectivity index (χ3n) is 11.5. The van der Waals surface area contributed by atoms with Gasteiger partial charge in [-0.15, -0.1) is 0 Å². The molecular weight excluding hydrogens is 661 g/mol. The Labute approximate surface area is 309 Å². The van der Waals surface area contributed by atoms with Crippen molar-refractivity contribution in [3.05, 3.63) is 163 Å². The van der Waals surface area contributed by atoms with Gasteiger partial charge in [0.2, 0.25) is 0 Å². The van der Waals surface area contributed by atoms with E-state index in [2.05, 4.69) is 95.8 Å². The fourth-order valence-electron chi connectivity index (χ4n) is 9.23. The van der Waals surface area contributed by atoms with Gasteiger partial charge < -0.3 is 9.47 Å². The lowest BCUT2D eigenvalue weighted by Crippen LogP contribution is -1.98. The Morgan fingerprint density at radius 1 is 0.389 bits per heavy atom. The van der Waals surface area contributed by atoms with E-state index in [-0.39, 0.29) is 0 Å². The number of para-hydroxylation sites is 2. The molecule has 0 aliphatic carbocycles. The van der Waals surface area contributed by atoms with Crippen LogP contribution in [0.3, 0.4) is 0 Å². The minimum Gasteiger partial charge on any atom is -0.456 e. The summed E-state index contributed by atoms with van der Waals surface area (Å²) in [6, 6.07) is 52.5. The highest BCUT2D eigenvalue weighted by Crippen LogP contribution is 2.53. The molecule has 0 bridgehead atoms. The van der Waals surface area contributed by atoms with Crippen molar-refractivity contribution in [2.24, 2.45) is 0 Å². The second kappa shape index (κ2) is 10.5. The predicted octanol–water partition coefficient (Wildman–Crippen LogP) is 14.2. The quantitative estimate of drug-likeness (QED) is 0.134. The van der Waals surface area contributed by atoms with Gasteiger partial charge in [0.05, 0.1) is 18.2 Å². The summed E-state index contributed by atoms with van der Waals surface area (Å²) in [4.78, 5) is 4.10. The molecule has 2 heterocycles. The van der Waals surface area contributed by atoms with E-state index in [1.165, 1.54) is 0 Å². The smallest absolute Gasteiger partial charge is 0.195 e. The van der Waals surface area contributed by atoms with Crippen LogP contribution in [-0.4, -0.2) is 0 Å². The van der Waals surface area contributed by atoms with Crippen LogP contribution in [0.4, 0.5) is 5.69 Å². The summed E-state index contributed by atoms with van der Waals surface area (Å²) in [5, 5.41) is 20.7. The van der Waals surface area contributed by atoms with E-state index < -0.39 is 0 Å². The maximum absolute atomic E-state index is 10.7. The molecule has 0 amide bonds. The zero-order chi connectivity index (χ0) is 35.7. The van der Waals surface area contributed by atoms with Crippen molar-refractivity contribution in [1.82, 2.24) is 0 Å². The molecule has 10 aromatic rings. The van der Waals surface area contributed by atoms with Gasteiger partial charge in [-0.1, -0.05) is 109 Å². The summed E-state index contributed by atoms with van der Waals surface area (Å²) < 4.78 is 12.9. The van der Waals surface area contributed by atoms with Gasteiger partial charge in [-0.2, -0.15) is 5.26 Å². The monoisotopic (exact) mass is 684 g/mol. The first-order valence-electron chi connectivity index (χ1n) is 17.9. The van der Waals surface area contributed by atoms with Crippen molar-refractivity contribution >= 4 is 59.5 Å². The summed E-state index contributed by atoms with van der Waals surface area (Å²) in [7, 11) is 0. The summed E-state index contributed by atoms with van der Waals surface area (Å²) in [6.45, 7) is 8.37. The molecule has 0 fully saturated rings. The number of nitrogens with zero attached hydrogens (tertiary/aromatic N) is 2. The van der Waals surface area contributed by atoms with Crippen molar-refractivity contribution < 1.29 is 9.47 Å². The van der Waals surface area contributed by atoms with Crippen LogP contribution in [0.2, 0.25) is 0 Å². The maximum Gasteiger partial charge on any atom is 0.195 e. The van der Waals surface area contributed by atoms with E-state index in [4.69, 9.17) is 16.0 Å². The van der Waals surface area contributed by atoms with E-state index in [0.717, 1.165) is 121 Å². The number of nitriles is 1. The van der Waals surface area contributed by atoms with Crippen LogP contribution in [0, 0.1) is 17.9 Å². The van der Waals surface area contributed by atoms with Gasteiger partial charge >= 0.3 is 0 Å². The molecule has 0 atom stereocenters. The second-order valence-electron chi connectivity index (χ2n) is 14.1. The summed E-state index contributed by atoms with van der Waals surface area (Å²) in [5.41, 5.74) is 9.59. The van der Waals surface area contributed by atoms with Crippen molar-refractivity contribution in [3.8, 4) is 73.6 Å². The molecule has 0 saturated heterocycles. The van der Waals surface area contributed by atoms with Crippen LogP contribution in [0.5, 0.6) is 23.0 Å². The van der Waals surface area contributed by atoms with Crippen molar-refractivity contribution in [1.29, 1.82) is 5.26 Å². The first-order chi connectivity index (χ1) is 26.7. The van der Waals surface area contributed by atoms with E-state index in [0.29, 0.717) is 11.3 Å². The highest BCUT2D eigenvalue weighted by Gasteiger charge is 2.26. The Hall–Kier alpha value is -7.66.